The van der Waals surface area contributed by atoms with E-state index in [9.17, 15) is 13.0 Å². The van der Waals surface area contributed by atoms with Crippen molar-refractivity contribution in [2.75, 3.05) is 0 Å². The van der Waals surface area contributed by atoms with E-state index in [2.05, 4.69) is 53.4 Å². The summed E-state index contributed by atoms with van der Waals surface area (Å²) in [5, 5.41) is 24.4. The summed E-state index contributed by atoms with van der Waals surface area (Å²) < 4.78 is 59.9. The summed E-state index contributed by atoms with van der Waals surface area (Å²) in [5.74, 6) is 2.63. The van der Waals surface area contributed by atoms with Gasteiger partial charge in [0, 0.05) is 0 Å². The van der Waals surface area contributed by atoms with Gasteiger partial charge in [0.2, 0.25) is 0 Å². The topological polar surface area (TPSA) is 159 Å². The molecule has 246 valence electrons. The van der Waals surface area contributed by atoms with Gasteiger partial charge >= 0.3 is 10.4 Å². The number of hydrogen-bond donors (Lipinski definition) is 3. The van der Waals surface area contributed by atoms with E-state index in [0.29, 0.717) is 67.6 Å². The Balaban J connectivity index is 1.60. The Morgan fingerprint density at radius 2 is 1.48 bits per heavy atom. The fraction of sp³-hybridized carbons (Fsp3) is 1.00. The average Bonchev–Trinajstić information content (AvgIpc) is 3.26. The number of fused-ring (bicyclic) bond motifs is 5. The first-order valence-corrected chi connectivity index (χ1v) is 17.8. The normalized spacial score (nSPS) is 40.9. The molecule has 0 saturated heterocycles. The van der Waals surface area contributed by atoms with Crippen LogP contribution in [0.2, 0.25) is 0 Å². The summed E-state index contributed by atoms with van der Waals surface area (Å²) in [5.41, 5.74) is -0.244. The summed E-state index contributed by atoms with van der Waals surface area (Å²) in [7, 11) is -4.71. The molecule has 0 spiro atoms. The molecule has 15 heteroatoms. The molecule has 0 aromatic heterocycles. The van der Waals surface area contributed by atoms with Crippen LogP contribution in [0.25, 0.3) is 0 Å². The standard InChI is InChI=1S/C27H48O12S3/c1-16(2)7-6-8-17(3)19-9-10-20-18-13-23(35-42(30,31)32)22-14-24(33-40-38-36-28)25(34-41-39-37-29)15-27(22,5)21(18)11-12-26(19,20)4/h16-25,28-29H,6-15H2,1-5H3,(H,30,31,32)/t17?,18?,19-,20?,21?,22?,23+,24+,25+,26-,27-/m1/s1. The van der Waals surface area contributed by atoms with Crippen LogP contribution in [0, 0.1) is 52.3 Å². The average molecular weight is 661 g/mol. The zero-order valence-corrected chi connectivity index (χ0v) is 27.5. The molecular formula is C27H48O12S3. The van der Waals surface area contributed by atoms with Gasteiger partial charge in [-0.1, -0.05) is 64.0 Å². The van der Waals surface area contributed by atoms with Gasteiger partial charge in [0.15, 0.2) is 24.6 Å². The molecule has 0 bridgehead atoms. The molecule has 12 nitrogen and oxygen atoms in total. The molecule has 0 radical (unpaired) electrons. The Morgan fingerprint density at radius 1 is 0.833 bits per heavy atom. The van der Waals surface area contributed by atoms with Crippen LogP contribution in [0.1, 0.15) is 98.8 Å². The van der Waals surface area contributed by atoms with E-state index in [-0.39, 0.29) is 23.2 Å². The second-order valence-electron chi connectivity index (χ2n) is 13.9. The van der Waals surface area contributed by atoms with E-state index < -0.39 is 34.1 Å². The summed E-state index contributed by atoms with van der Waals surface area (Å²) in [6, 6.07) is 0. The van der Waals surface area contributed by atoms with Gasteiger partial charge in [0.25, 0.3) is 0 Å². The molecule has 4 rings (SSSR count). The third-order valence-corrected chi connectivity index (χ3v) is 12.9. The maximum atomic E-state index is 12.1. The first-order chi connectivity index (χ1) is 19.8. The lowest BCUT2D eigenvalue weighted by molar-refractivity contribution is -0.435. The van der Waals surface area contributed by atoms with Gasteiger partial charge in [0.1, 0.15) is 12.2 Å². The number of rotatable bonds is 15. The molecule has 3 N–H and O–H groups in total. The van der Waals surface area contributed by atoms with Crippen LogP contribution in [0.3, 0.4) is 0 Å². The molecule has 0 aromatic rings. The quantitative estimate of drug-likeness (QED) is 0.0529. The largest absolute Gasteiger partial charge is 0.397 e. The summed E-state index contributed by atoms with van der Waals surface area (Å²) in [4.78, 5) is 0. The molecule has 0 aliphatic heterocycles. The van der Waals surface area contributed by atoms with Crippen LogP contribution < -0.4 is 0 Å². The summed E-state index contributed by atoms with van der Waals surface area (Å²) >= 11 is 0.866. The predicted octanol–water partition coefficient (Wildman–Crippen LogP) is 7.25. The van der Waals surface area contributed by atoms with Gasteiger partial charge in [-0.25, -0.2) is 14.7 Å². The molecule has 4 saturated carbocycles. The molecule has 11 atom stereocenters. The lowest BCUT2D eigenvalue weighted by Crippen LogP contribution is -2.61. The van der Waals surface area contributed by atoms with Crippen molar-refractivity contribution in [3.05, 3.63) is 0 Å². The summed E-state index contributed by atoms with van der Waals surface area (Å²) in [6.07, 6.45) is 7.49. The molecule has 42 heavy (non-hydrogen) atoms. The van der Waals surface area contributed by atoms with E-state index in [1.165, 1.54) is 25.7 Å². The molecule has 0 heterocycles. The van der Waals surface area contributed by atoms with Crippen molar-refractivity contribution in [3.8, 4) is 0 Å². The highest BCUT2D eigenvalue weighted by molar-refractivity contribution is 7.90. The van der Waals surface area contributed by atoms with Gasteiger partial charge in [-0.2, -0.15) is 8.42 Å². The van der Waals surface area contributed by atoms with E-state index in [1.807, 2.05) is 0 Å². The monoisotopic (exact) mass is 660 g/mol. The van der Waals surface area contributed by atoms with Crippen molar-refractivity contribution in [2.45, 2.75) is 117 Å². The molecule has 0 amide bonds. The van der Waals surface area contributed by atoms with Crippen molar-refractivity contribution in [2.24, 2.45) is 52.3 Å². The maximum absolute atomic E-state index is 12.1. The molecule has 4 fully saturated rings. The number of hydrogen-bond acceptors (Lipinski definition) is 13. The van der Waals surface area contributed by atoms with Crippen LogP contribution in [-0.4, -0.2) is 41.8 Å². The zero-order valence-electron chi connectivity index (χ0n) is 25.1. The molecule has 0 aromatic carbocycles. The molecule has 5 unspecified atom stereocenters. The predicted molar refractivity (Wildman–Crippen MR) is 155 cm³/mol. The Bertz CT molecular complexity index is 972. The second kappa shape index (κ2) is 14.8. The lowest BCUT2D eigenvalue weighted by Gasteiger charge is -2.63. The van der Waals surface area contributed by atoms with Gasteiger partial charge in [0.05, 0.1) is 6.10 Å². The van der Waals surface area contributed by atoms with Crippen LogP contribution in [0.15, 0.2) is 0 Å². The van der Waals surface area contributed by atoms with Gasteiger partial charge < -0.3 is 0 Å². The molecule has 4 aliphatic rings. The zero-order chi connectivity index (χ0) is 30.7. The minimum atomic E-state index is -4.71. The van der Waals surface area contributed by atoms with Gasteiger partial charge in [-0.05, 0) is 97.2 Å². The van der Waals surface area contributed by atoms with E-state index in [4.69, 9.17) is 23.1 Å². The van der Waals surface area contributed by atoms with Crippen molar-refractivity contribution >= 4 is 35.0 Å². The third-order valence-electron chi connectivity index (χ3n) is 11.5. The highest BCUT2D eigenvalue weighted by atomic mass is 32.3. The second-order valence-corrected chi connectivity index (χ2v) is 15.9. The fourth-order valence-corrected chi connectivity index (χ4v) is 11.1. The minimum absolute atomic E-state index is 0.168. The smallest absolute Gasteiger partial charge is 0.283 e. The molecular weight excluding hydrogens is 612 g/mol. The molecule has 4 aliphatic carbocycles. The van der Waals surface area contributed by atoms with Crippen molar-refractivity contribution in [1.29, 1.82) is 0 Å². The lowest BCUT2D eigenvalue weighted by atomic mass is 9.43. The van der Waals surface area contributed by atoms with Gasteiger partial charge in [-0.3, -0.25) is 12.9 Å². The Labute approximate surface area is 258 Å². The Morgan fingerprint density at radius 3 is 2.10 bits per heavy atom. The van der Waals surface area contributed by atoms with Crippen LogP contribution in [0.5, 0.6) is 0 Å². The Hall–Kier alpha value is 0.250. The van der Waals surface area contributed by atoms with Gasteiger partial charge in [-0.15, -0.1) is 8.67 Å². The summed E-state index contributed by atoms with van der Waals surface area (Å²) in [6.45, 7) is 11.6. The maximum Gasteiger partial charge on any atom is 0.397 e. The highest BCUT2D eigenvalue weighted by Crippen LogP contribution is 2.69. The highest BCUT2D eigenvalue weighted by Gasteiger charge is 2.64. The van der Waals surface area contributed by atoms with Crippen LogP contribution in [-0.2, 0) is 41.7 Å². The third kappa shape index (κ3) is 7.78. The van der Waals surface area contributed by atoms with Crippen LogP contribution in [0.4, 0.5) is 0 Å². The van der Waals surface area contributed by atoms with E-state index >= 15 is 0 Å². The van der Waals surface area contributed by atoms with Crippen molar-refractivity contribution < 1.29 is 54.8 Å². The SMILES string of the molecule is CC(C)CCCC(C)[C@H]1CCC2C3C[C@H](OS(=O)(=O)O)C4C[C@H](OSOOO)[C@@H](OSOOO)C[C@]4(C)C3CC[C@@]21C. The van der Waals surface area contributed by atoms with Crippen LogP contribution >= 0.6 is 24.6 Å². The van der Waals surface area contributed by atoms with Crippen molar-refractivity contribution in [1.82, 2.24) is 0 Å². The van der Waals surface area contributed by atoms with Crippen molar-refractivity contribution in [3.63, 3.8) is 0 Å². The first-order valence-electron chi connectivity index (χ1n) is 15.1. The Kier molecular flexibility index (Phi) is 12.4. The minimum Gasteiger partial charge on any atom is -0.283 e. The first kappa shape index (κ1) is 35.1. The fourth-order valence-electron chi connectivity index (χ4n) is 9.90. The van der Waals surface area contributed by atoms with E-state index in [0.717, 1.165) is 19.3 Å². The van der Waals surface area contributed by atoms with E-state index in [1.54, 1.807) is 0 Å².